The normalized spacial score (nSPS) is 14.7. The Morgan fingerprint density at radius 3 is 2.71 bits per heavy atom. The molecule has 0 unspecified atom stereocenters. The van der Waals surface area contributed by atoms with Crippen LogP contribution in [0.25, 0.3) is 0 Å². The van der Waals surface area contributed by atoms with Crippen molar-refractivity contribution in [1.82, 2.24) is 10.2 Å². The van der Waals surface area contributed by atoms with E-state index in [0.29, 0.717) is 19.5 Å². The van der Waals surface area contributed by atoms with Crippen molar-refractivity contribution in [3.63, 3.8) is 0 Å². The first kappa shape index (κ1) is 17.5. The minimum atomic E-state index is -0.816. The highest BCUT2D eigenvalue weighted by Gasteiger charge is 2.16. The van der Waals surface area contributed by atoms with Crippen LogP contribution in [0.2, 0.25) is 0 Å². The molecular formula is C16H28N2O3. The van der Waals surface area contributed by atoms with Gasteiger partial charge in [-0.15, -0.1) is 0 Å². The molecule has 0 aromatic rings. The maximum Gasteiger partial charge on any atom is 0.317 e. The molecule has 5 heteroatoms. The SMILES string of the molecule is CC(C)N(CCCC(=O)O)C(=O)NCCC1=CCCCC1. The number of nitrogens with one attached hydrogen (secondary N) is 1. The third kappa shape index (κ3) is 7.16. The molecule has 0 aromatic heterocycles. The van der Waals surface area contributed by atoms with Crippen molar-refractivity contribution in [3.8, 4) is 0 Å². The lowest BCUT2D eigenvalue weighted by Crippen LogP contribution is -2.44. The summed E-state index contributed by atoms with van der Waals surface area (Å²) >= 11 is 0. The van der Waals surface area contributed by atoms with Gasteiger partial charge in [-0.1, -0.05) is 11.6 Å². The minimum Gasteiger partial charge on any atom is -0.481 e. The number of rotatable bonds is 8. The van der Waals surface area contributed by atoms with E-state index in [1.165, 1.54) is 18.4 Å². The fourth-order valence-electron chi connectivity index (χ4n) is 2.56. The number of amides is 2. The Bertz CT molecular complexity index is 378. The molecule has 1 aliphatic carbocycles. The van der Waals surface area contributed by atoms with Crippen LogP contribution >= 0.6 is 0 Å². The first-order valence-electron chi connectivity index (χ1n) is 7.95. The third-order valence-electron chi connectivity index (χ3n) is 3.78. The molecule has 0 atom stereocenters. The highest BCUT2D eigenvalue weighted by molar-refractivity contribution is 5.74. The number of allylic oxidation sites excluding steroid dienone is 1. The van der Waals surface area contributed by atoms with Crippen molar-refractivity contribution in [2.75, 3.05) is 13.1 Å². The number of carboxylic acids is 1. The monoisotopic (exact) mass is 296 g/mol. The van der Waals surface area contributed by atoms with Crippen molar-refractivity contribution in [3.05, 3.63) is 11.6 Å². The van der Waals surface area contributed by atoms with Gasteiger partial charge in [0.1, 0.15) is 0 Å². The molecule has 0 fully saturated rings. The largest absolute Gasteiger partial charge is 0.481 e. The second-order valence-electron chi connectivity index (χ2n) is 5.87. The van der Waals surface area contributed by atoms with Crippen LogP contribution in [-0.2, 0) is 4.79 Å². The molecule has 21 heavy (non-hydrogen) atoms. The minimum absolute atomic E-state index is 0.0766. The average molecular weight is 296 g/mol. The van der Waals surface area contributed by atoms with Crippen LogP contribution in [0.4, 0.5) is 4.79 Å². The van der Waals surface area contributed by atoms with E-state index in [9.17, 15) is 9.59 Å². The smallest absolute Gasteiger partial charge is 0.317 e. The zero-order valence-electron chi connectivity index (χ0n) is 13.2. The van der Waals surface area contributed by atoms with Gasteiger partial charge in [-0.2, -0.15) is 0 Å². The van der Waals surface area contributed by atoms with Gasteiger partial charge in [0.15, 0.2) is 0 Å². The molecule has 0 spiro atoms. The van der Waals surface area contributed by atoms with Gasteiger partial charge in [-0.3, -0.25) is 4.79 Å². The van der Waals surface area contributed by atoms with Crippen molar-refractivity contribution in [1.29, 1.82) is 0 Å². The number of carboxylic acid groups (broad SMARTS) is 1. The zero-order chi connectivity index (χ0) is 15.7. The lowest BCUT2D eigenvalue weighted by Gasteiger charge is -2.27. The summed E-state index contributed by atoms with van der Waals surface area (Å²) in [6.45, 7) is 5.04. The van der Waals surface area contributed by atoms with E-state index >= 15 is 0 Å². The van der Waals surface area contributed by atoms with Gasteiger partial charge >= 0.3 is 12.0 Å². The third-order valence-corrected chi connectivity index (χ3v) is 3.78. The molecule has 1 rings (SSSR count). The van der Waals surface area contributed by atoms with Gasteiger partial charge in [0.2, 0.25) is 0 Å². The van der Waals surface area contributed by atoms with Crippen molar-refractivity contribution in [2.24, 2.45) is 0 Å². The lowest BCUT2D eigenvalue weighted by atomic mass is 9.97. The van der Waals surface area contributed by atoms with E-state index in [4.69, 9.17) is 5.11 Å². The molecule has 0 bridgehead atoms. The Kier molecular flexibility index (Phi) is 7.87. The van der Waals surface area contributed by atoms with E-state index in [2.05, 4.69) is 11.4 Å². The number of aliphatic carboxylic acids is 1. The molecule has 120 valence electrons. The predicted molar refractivity (Wildman–Crippen MR) is 83.3 cm³/mol. The average Bonchev–Trinajstić information content (AvgIpc) is 2.44. The van der Waals surface area contributed by atoms with Gasteiger partial charge in [0, 0.05) is 25.6 Å². The summed E-state index contributed by atoms with van der Waals surface area (Å²) in [4.78, 5) is 24.4. The number of nitrogens with zero attached hydrogens (tertiary/aromatic N) is 1. The van der Waals surface area contributed by atoms with E-state index in [-0.39, 0.29) is 18.5 Å². The summed E-state index contributed by atoms with van der Waals surface area (Å²) < 4.78 is 0. The molecule has 0 aliphatic heterocycles. The number of carbonyl (C=O) groups is 2. The second kappa shape index (κ2) is 9.42. The van der Waals surface area contributed by atoms with Crippen molar-refractivity contribution in [2.45, 2.75) is 64.8 Å². The summed E-state index contributed by atoms with van der Waals surface area (Å²) in [5.41, 5.74) is 1.45. The lowest BCUT2D eigenvalue weighted by molar-refractivity contribution is -0.137. The fraction of sp³-hybridized carbons (Fsp3) is 0.750. The second-order valence-corrected chi connectivity index (χ2v) is 5.87. The zero-order valence-corrected chi connectivity index (χ0v) is 13.2. The van der Waals surface area contributed by atoms with Crippen LogP contribution in [0.3, 0.4) is 0 Å². The predicted octanol–water partition coefficient (Wildman–Crippen LogP) is 3.16. The summed E-state index contributed by atoms with van der Waals surface area (Å²) in [6.07, 6.45) is 8.66. The van der Waals surface area contributed by atoms with Gasteiger partial charge in [-0.05, 0) is 52.4 Å². The Morgan fingerprint density at radius 1 is 1.38 bits per heavy atom. The molecule has 2 amide bonds. The van der Waals surface area contributed by atoms with E-state index in [1.807, 2.05) is 13.8 Å². The Morgan fingerprint density at radius 2 is 2.14 bits per heavy atom. The van der Waals surface area contributed by atoms with E-state index in [0.717, 1.165) is 19.3 Å². The van der Waals surface area contributed by atoms with E-state index in [1.54, 1.807) is 4.90 Å². The first-order chi connectivity index (χ1) is 10.0. The van der Waals surface area contributed by atoms with Crippen molar-refractivity contribution < 1.29 is 14.7 Å². The standard InChI is InChI=1S/C16H28N2O3/c1-13(2)18(12-6-9-15(19)20)16(21)17-11-10-14-7-4-3-5-8-14/h7,13H,3-6,8-12H2,1-2H3,(H,17,21)(H,19,20). The Hall–Kier alpha value is -1.52. The molecule has 0 radical (unpaired) electrons. The van der Waals surface area contributed by atoms with Crippen LogP contribution in [0.1, 0.15) is 58.8 Å². The highest BCUT2D eigenvalue weighted by Crippen LogP contribution is 2.19. The van der Waals surface area contributed by atoms with Gasteiger partial charge in [0.25, 0.3) is 0 Å². The molecule has 2 N–H and O–H groups in total. The van der Waals surface area contributed by atoms with E-state index < -0.39 is 5.97 Å². The maximum absolute atomic E-state index is 12.2. The molecule has 5 nitrogen and oxygen atoms in total. The number of carbonyl (C=O) groups excluding carboxylic acids is 1. The quantitative estimate of drug-likeness (QED) is 0.676. The van der Waals surface area contributed by atoms with Gasteiger partial charge < -0.3 is 15.3 Å². The summed E-state index contributed by atoms with van der Waals surface area (Å²) in [6, 6.07) is -0.0144. The summed E-state index contributed by atoms with van der Waals surface area (Å²) in [5, 5.41) is 11.6. The maximum atomic E-state index is 12.2. The molecular weight excluding hydrogens is 268 g/mol. The number of urea groups is 1. The molecule has 0 aromatic carbocycles. The molecule has 1 aliphatic rings. The topological polar surface area (TPSA) is 69.6 Å². The van der Waals surface area contributed by atoms with Crippen molar-refractivity contribution >= 4 is 12.0 Å². The van der Waals surface area contributed by atoms with Crippen LogP contribution in [0.5, 0.6) is 0 Å². The number of hydrogen-bond acceptors (Lipinski definition) is 2. The van der Waals surface area contributed by atoms with Gasteiger partial charge in [-0.25, -0.2) is 4.79 Å². The Balaban J connectivity index is 2.31. The van der Waals surface area contributed by atoms with Crippen LogP contribution in [0, 0.1) is 0 Å². The number of hydrogen-bond donors (Lipinski definition) is 2. The first-order valence-corrected chi connectivity index (χ1v) is 7.95. The Labute approximate surface area is 127 Å². The molecule has 0 heterocycles. The van der Waals surface area contributed by atoms with Crippen LogP contribution in [-0.4, -0.2) is 41.1 Å². The van der Waals surface area contributed by atoms with Crippen LogP contribution in [0.15, 0.2) is 11.6 Å². The fourth-order valence-corrected chi connectivity index (χ4v) is 2.56. The van der Waals surface area contributed by atoms with Crippen LogP contribution < -0.4 is 5.32 Å². The van der Waals surface area contributed by atoms with Gasteiger partial charge in [0.05, 0.1) is 0 Å². The summed E-state index contributed by atoms with van der Waals surface area (Å²) in [7, 11) is 0. The molecule has 0 saturated carbocycles. The highest BCUT2D eigenvalue weighted by atomic mass is 16.4. The molecule has 0 saturated heterocycles. The summed E-state index contributed by atoms with van der Waals surface area (Å²) in [5.74, 6) is -0.816.